The molecule has 1 unspecified atom stereocenters. The van der Waals surface area contributed by atoms with Crippen LogP contribution in [0.15, 0.2) is 57.7 Å². The Kier molecular flexibility index (Phi) is 7.68. The van der Waals surface area contributed by atoms with Crippen LogP contribution < -0.4 is 15.7 Å². The van der Waals surface area contributed by atoms with Crippen molar-refractivity contribution in [2.75, 3.05) is 26.7 Å². The third-order valence-corrected chi connectivity index (χ3v) is 7.03. The normalized spacial score (nSPS) is 15.9. The number of benzene rings is 2. The van der Waals surface area contributed by atoms with Crippen molar-refractivity contribution < 1.29 is 13.9 Å². The summed E-state index contributed by atoms with van der Waals surface area (Å²) < 4.78 is 10.7. The highest BCUT2D eigenvalue weighted by Gasteiger charge is 2.25. The monoisotopic (exact) mass is 462 g/mol. The molecule has 1 N–H and O–H groups in total. The van der Waals surface area contributed by atoms with Gasteiger partial charge in [0.1, 0.15) is 11.3 Å². The summed E-state index contributed by atoms with van der Waals surface area (Å²) in [5, 5.41) is 3.98. The Balaban J connectivity index is 1.42. The van der Waals surface area contributed by atoms with E-state index in [2.05, 4.69) is 29.3 Å². The first-order valence-electron chi connectivity index (χ1n) is 12.1. The van der Waals surface area contributed by atoms with E-state index in [1.54, 1.807) is 13.2 Å². The van der Waals surface area contributed by atoms with E-state index in [0.29, 0.717) is 29.9 Å². The van der Waals surface area contributed by atoms with Gasteiger partial charge in [0.2, 0.25) is 5.91 Å². The van der Waals surface area contributed by atoms with Crippen LogP contribution in [0.5, 0.6) is 5.75 Å². The molecule has 6 heteroatoms. The number of likely N-dealkylation sites (tertiary alicyclic amines) is 1. The summed E-state index contributed by atoms with van der Waals surface area (Å²) in [5.74, 6) is 1.33. The summed E-state index contributed by atoms with van der Waals surface area (Å²) in [6.45, 7) is 6.85. The molecular formula is C28H34N2O4. The minimum atomic E-state index is -0.393. The van der Waals surface area contributed by atoms with Crippen LogP contribution in [-0.4, -0.2) is 37.6 Å². The van der Waals surface area contributed by atoms with Crippen molar-refractivity contribution in [1.29, 1.82) is 0 Å². The molecule has 0 spiro atoms. The molecular weight excluding hydrogens is 428 g/mol. The quantitative estimate of drug-likeness (QED) is 0.494. The number of methoxy groups -OCH3 is 1. The molecule has 0 saturated carbocycles. The third kappa shape index (κ3) is 5.50. The lowest BCUT2D eigenvalue weighted by Crippen LogP contribution is -2.42. The fourth-order valence-corrected chi connectivity index (χ4v) is 4.80. The Morgan fingerprint density at radius 3 is 2.62 bits per heavy atom. The Morgan fingerprint density at radius 2 is 1.91 bits per heavy atom. The highest BCUT2D eigenvalue weighted by molar-refractivity contribution is 5.82. The van der Waals surface area contributed by atoms with Crippen molar-refractivity contribution in [3.8, 4) is 5.75 Å². The minimum Gasteiger partial charge on any atom is -0.497 e. The maximum Gasteiger partial charge on any atom is 0.339 e. The van der Waals surface area contributed by atoms with Gasteiger partial charge in [-0.05, 0) is 68.5 Å². The fourth-order valence-electron chi connectivity index (χ4n) is 4.80. The summed E-state index contributed by atoms with van der Waals surface area (Å²) in [4.78, 5) is 27.9. The second-order valence-electron chi connectivity index (χ2n) is 9.30. The van der Waals surface area contributed by atoms with Gasteiger partial charge < -0.3 is 14.5 Å². The largest absolute Gasteiger partial charge is 0.497 e. The summed E-state index contributed by atoms with van der Waals surface area (Å²) in [5.41, 5.74) is 2.73. The van der Waals surface area contributed by atoms with Gasteiger partial charge in [0.15, 0.2) is 0 Å². The Bertz CT molecular complexity index is 1180. The predicted octanol–water partition coefficient (Wildman–Crippen LogP) is 4.63. The number of fused-ring (bicyclic) bond motifs is 1. The summed E-state index contributed by atoms with van der Waals surface area (Å²) >= 11 is 0. The standard InChI is InChI=1S/C28H34N2O4/c1-19-13-15-30(16-14-19)25(21-7-5-4-6-8-21)18-29-27(31)12-11-24-20(2)23-10-9-22(33-3)17-26(23)34-28(24)32/h4-10,17,19,25H,11-16,18H2,1-3H3,(H,29,31). The number of nitrogens with zero attached hydrogens (tertiary/aromatic N) is 1. The molecule has 1 saturated heterocycles. The minimum absolute atomic E-state index is 0.0556. The lowest BCUT2D eigenvalue weighted by Gasteiger charge is -2.37. The maximum absolute atomic E-state index is 12.8. The van der Waals surface area contributed by atoms with Crippen molar-refractivity contribution in [2.45, 2.75) is 45.6 Å². The van der Waals surface area contributed by atoms with Gasteiger partial charge in [0.25, 0.3) is 0 Å². The lowest BCUT2D eigenvalue weighted by molar-refractivity contribution is -0.121. The first-order chi connectivity index (χ1) is 16.5. The topological polar surface area (TPSA) is 71.8 Å². The maximum atomic E-state index is 12.8. The number of carbonyl (C=O) groups excluding carboxylic acids is 1. The van der Waals surface area contributed by atoms with Crippen LogP contribution in [0.25, 0.3) is 11.0 Å². The molecule has 1 aromatic heterocycles. The second-order valence-corrected chi connectivity index (χ2v) is 9.30. The zero-order valence-corrected chi connectivity index (χ0v) is 20.3. The molecule has 1 amide bonds. The van der Waals surface area contributed by atoms with E-state index in [1.807, 2.05) is 37.3 Å². The number of hydrogen-bond acceptors (Lipinski definition) is 5. The summed E-state index contributed by atoms with van der Waals surface area (Å²) in [7, 11) is 1.58. The van der Waals surface area contributed by atoms with Crippen LogP contribution in [0, 0.1) is 12.8 Å². The molecule has 0 radical (unpaired) electrons. The van der Waals surface area contributed by atoms with E-state index in [9.17, 15) is 9.59 Å². The Morgan fingerprint density at radius 1 is 1.18 bits per heavy atom. The van der Waals surface area contributed by atoms with Crippen LogP contribution in [0.1, 0.15) is 48.9 Å². The molecule has 0 bridgehead atoms. The molecule has 1 aliphatic heterocycles. The average molecular weight is 463 g/mol. The average Bonchev–Trinajstić information content (AvgIpc) is 2.85. The fraction of sp³-hybridized carbons (Fsp3) is 0.429. The smallest absolute Gasteiger partial charge is 0.339 e. The molecule has 4 rings (SSSR count). The number of carbonyl (C=O) groups is 1. The molecule has 2 heterocycles. The Labute approximate surface area is 200 Å². The van der Waals surface area contributed by atoms with Crippen LogP contribution in [-0.2, 0) is 11.2 Å². The second kappa shape index (κ2) is 10.9. The van der Waals surface area contributed by atoms with Crippen molar-refractivity contribution in [2.24, 2.45) is 5.92 Å². The number of ether oxygens (including phenoxy) is 1. The van der Waals surface area contributed by atoms with E-state index in [-0.39, 0.29) is 18.4 Å². The van der Waals surface area contributed by atoms with Crippen molar-refractivity contribution in [1.82, 2.24) is 10.2 Å². The van der Waals surface area contributed by atoms with Crippen molar-refractivity contribution in [3.63, 3.8) is 0 Å². The van der Waals surface area contributed by atoms with Gasteiger partial charge in [0.05, 0.1) is 13.2 Å². The highest BCUT2D eigenvalue weighted by Crippen LogP contribution is 2.27. The van der Waals surface area contributed by atoms with Gasteiger partial charge in [0, 0.05) is 30.0 Å². The first-order valence-corrected chi connectivity index (χ1v) is 12.1. The van der Waals surface area contributed by atoms with Crippen LogP contribution in [0.2, 0.25) is 0 Å². The van der Waals surface area contributed by atoms with Crippen molar-refractivity contribution >= 4 is 16.9 Å². The van der Waals surface area contributed by atoms with Gasteiger partial charge in [-0.3, -0.25) is 9.69 Å². The number of piperidine rings is 1. The third-order valence-electron chi connectivity index (χ3n) is 7.03. The summed E-state index contributed by atoms with van der Waals surface area (Å²) in [6.07, 6.45) is 2.95. The number of aryl methyl sites for hydroxylation is 1. The zero-order chi connectivity index (χ0) is 24.1. The number of rotatable bonds is 8. The van der Waals surface area contributed by atoms with Crippen LogP contribution in [0.4, 0.5) is 0 Å². The van der Waals surface area contributed by atoms with E-state index in [0.717, 1.165) is 30.0 Å². The van der Waals surface area contributed by atoms with E-state index >= 15 is 0 Å². The number of hydrogen-bond donors (Lipinski definition) is 1. The molecule has 6 nitrogen and oxygen atoms in total. The zero-order valence-electron chi connectivity index (χ0n) is 20.3. The molecule has 180 valence electrons. The molecule has 1 atom stereocenters. The molecule has 1 aliphatic rings. The molecule has 34 heavy (non-hydrogen) atoms. The van der Waals surface area contributed by atoms with Crippen molar-refractivity contribution in [3.05, 3.63) is 75.6 Å². The molecule has 0 aliphatic carbocycles. The van der Waals surface area contributed by atoms with E-state index in [1.165, 1.54) is 18.4 Å². The van der Waals surface area contributed by atoms with Crippen LogP contribution in [0.3, 0.4) is 0 Å². The highest BCUT2D eigenvalue weighted by atomic mass is 16.5. The number of nitrogens with one attached hydrogen (secondary N) is 1. The van der Waals surface area contributed by atoms with Gasteiger partial charge in [-0.15, -0.1) is 0 Å². The molecule has 3 aromatic rings. The van der Waals surface area contributed by atoms with Gasteiger partial charge in [-0.2, -0.15) is 0 Å². The predicted molar refractivity (Wildman–Crippen MR) is 134 cm³/mol. The molecule has 2 aromatic carbocycles. The molecule has 1 fully saturated rings. The van der Waals surface area contributed by atoms with Gasteiger partial charge >= 0.3 is 5.63 Å². The van der Waals surface area contributed by atoms with Crippen LogP contribution >= 0.6 is 0 Å². The lowest BCUT2D eigenvalue weighted by atomic mass is 9.95. The van der Waals surface area contributed by atoms with Gasteiger partial charge in [-0.25, -0.2) is 4.79 Å². The Hall–Kier alpha value is -3.12. The summed E-state index contributed by atoms with van der Waals surface area (Å²) in [6, 6.07) is 16.0. The first kappa shape index (κ1) is 24.0. The number of amides is 1. The SMILES string of the molecule is COc1ccc2c(C)c(CCC(=O)NCC(c3ccccc3)N3CCC(C)CC3)c(=O)oc2c1. The van der Waals surface area contributed by atoms with E-state index in [4.69, 9.17) is 9.15 Å². The van der Waals surface area contributed by atoms with E-state index < -0.39 is 5.63 Å². The van der Waals surface area contributed by atoms with Gasteiger partial charge in [-0.1, -0.05) is 37.3 Å².